The van der Waals surface area contributed by atoms with Gasteiger partial charge in [-0.2, -0.15) is 0 Å². The molecule has 2 heterocycles. The Morgan fingerprint density at radius 2 is 1.67 bits per heavy atom. The van der Waals surface area contributed by atoms with E-state index in [1.54, 1.807) is 0 Å². The van der Waals surface area contributed by atoms with Crippen molar-refractivity contribution in [3.8, 4) is 0 Å². The van der Waals surface area contributed by atoms with Gasteiger partial charge in [-0.15, -0.1) is 0 Å². The summed E-state index contributed by atoms with van der Waals surface area (Å²) in [6.07, 6.45) is 5.22. The third kappa shape index (κ3) is 3.86. The summed E-state index contributed by atoms with van der Waals surface area (Å²) in [6, 6.07) is 0. The molecule has 0 spiro atoms. The highest BCUT2D eigenvalue weighted by molar-refractivity contribution is 5.59. The summed E-state index contributed by atoms with van der Waals surface area (Å²) in [4.78, 5) is 12.1. The normalized spacial score (nSPS) is 16.7. The molecule has 1 saturated heterocycles. The van der Waals surface area contributed by atoms with Crippen molar-refractivity contribution in [3.05, 3.63) is 11.4 Å². The Labute approximate surface area is 129 Å². The first-order valence-corrected chi connectivity index (χ1v) is 8.31. The fourth-order valence-electron chi connectivity index (χ4n) is 2.77. The number of nitrogens with zero attached hydrogens (tertiary/aromatic N) is 3. The summed E-state index contributed by atoms with van der Waals surface area (Å²) in [7, 11) is 0. The smallest absolute Gasteiger partial charge is 0.138 e. The van der Waals surface area contributed by atoms with Crippen LogP contribution in [0.15, 0.2) is 0 Å². The minimum Gasteiger partial charge on any atom is -0.370 e. The molecule has 1 aromatic rings. The molecule has 0 amide bonds. The standard InChI is InChI=1S/C17H30N4/c1-6-18-14-13(2)15(20-16(19-14)17(3,4)5)21-11-9-7-8-10-12-21/h6-12H2,1-5H3,(H,18,19,20). The number of hydrogen-bond acceptors (Lipinski definition) is 4. The molecule has 0 saturated carbocycles. The summed E-state index contributed by atoms with van der Waals surface area (Å²) < 4.78 is 0. The monoisotopic (exact) mass is 290 g/mol. The molecule has 0 atom stereocenters. The second kappa shape index (κ2) is 6.63. The number of anilines is 2. The minimum absolute atomic E-state index is 0.0293. The van der Waals surface area contributed by atoms with Crippen LogP contribution >= 0.6 is 0 Å². The topological polar surface area (TPSA) is 41.1 Å². The zero-order valence-corrected chi connectivity index (χ0v) is 14.3. The fourth-order valence-corrected chi connectivity index (χ4v) is 2.77. The van der Waals surface area contributed by atoms with Gasteiger partial charge in [-0.3, -0.25) is 0 Å². The van der Waals surface area contributed by atoms with Gasteiger partial charge in [0.05, 0.1) is 0 Å². The molecule has 4 heteroatoms. The Morgan fingerprint density at radius 3 is 2.19 bits per heavy atom. The van der Waals surface area contributed by atoms with E-state index in [-0.39, 0.29) is 5.41 Å². The first-order valence-electron chi connectivity index (χ1n) is 8.31. The lowest BCUT2D eigenvalue weighted by atomic mass is 9.95. The molecule has 1 aromatic heterocycles. The van der Waals surface area contributed by atoms with Gasteiger partial charge in [0.2, 0.25) is 0 Å². The zero-order valence-electron chi connectivity index (χ0n) is 14.3. The Bertz CT molecular complexity index is 468. The quantitative estimate of drug-likeness (QED) is 0.917. The number of aromatic nitrogens is 2. The maximum absolute atomic E-state index is 4.93. The fraction of sp³-hybridized carbons (Fsp3) is 0.765. The number of rotatable bonds is 3. The summed E-state index contributed by atoms with van der Waals surface area (Å²) in [5.74, 6) is 3.06. The molecule has 0 radical (unpaired) electrons. The van der Waals surface area contributed by atoms with Crippen LogP contribution in [0.1, 0.15) is 64.8 Å². The summed E-state index contributed by atoms with van der Waals surface area (Å²) in [5.41, 5.74) is 1.16. The van der Waals surface area contributed by atoms with Crippen molar-refractivity contribution in [2.75, 3.05) is 29.9 Å². The second-order valence-corrected chi connectivity index (χ2v) is 7.03. The Morgan fingerprint density at radius 1 is 1.05 bits per heavy atom. The average molecular weight is 290 g/mol. The molecule has 4 nitrogen and oxygen atoms in total. The van der Waals surface area contributed by atoms with E-state index < -0.39 is 0 Å². The number of hydrogen-bond donors (Lipinski definition) is 1. The minimum atomic E-state index is -0.0293. The van der Waals surface area contributed by atoms with Gasteiger partial charge in [0, 0.05) is 30.6 Å². The van der Waals surface area contributed by atoms with E-state index in [0.29, 0.717) is 0 Å². The van der Waals surface area contributed by atoms with Gasteiger partial charge in [-0.1, -0.05) is 33.6 Å². The lowest BCUT2D eigenvalue weighted by Crippen LogP contribution is -2.28. The van der Waals surface area contributed by atoms with Gasteiger partial charge in [-0.25, -0.2) is 9.97 Å². The first kappa shape index (κ1) is 16.1. The van der Waals surface area contributed by atoms with Crippen LogP contribution in [0.5, 0.6) is 0 Å². The van der Waals surface area contributed by atoms with E-state index in [1.165, 1.54) is 31.2 Å². The predicted molar refractivity (Wildman–Crippen MR) is 90.3 cm³/mol. The van der Waals surface area contributed by atoms with Crippen molar-refractivity contribution < 1.29 is 0 Å². The molecule has 21 heavy (non-hydrogen) atoms. The maximum Gasteiger partial charge on any atom is 0.138 e. The van der Waals surface area contributed by atoms with E-state index in [9.17, 15) is 0 Å². The highest BCUT2D eigenvalue weighted by Gasteiger charge is 2.23. The molecule has 2 rings (SSSR count). The SMILES string of the molecule is CCNc1nc(C(C)(C)C)nc(N2CCCCCC2)c1C. The van der Waals surface area contributed by atoms with Crippen molar-refractivity contribution in [1.82, 2.24) is 9.97 Å². The average Bonchev–Trinajstić information content (AvgIpc) is 2.69. The molecular weight excluding hydrogens is 260 g/mol. The highest BCUT2D eigenvalue weighted by Crippen LogP contribution is 2.29. The van der Waals surface area contributed by atoms with Gasteiger partial charge >= 0.3 is 0 Å². The molecule has 1 fully saturated rings. The van der Waals surface area contributed by atoms with Gasteiger partial charge in [-0.05, 0) is 26.7 Å². The van der Waals surface area contributed by atoms with Gasteiger partial charge in [0.15, 0.2) is 0 Å². The van der Waals surface area contributed by atoms with E-state index in [1.807, 2.05) is 0 Å². The Balaban J connectivity index is 2.44. The van der Waals surface area contributed by atoms with Crippen LogP contribution in [0.3, 0.4) is 0 Å². The van der Waals surface area contributed by atoms with Gasteiger partial charge in [0.1, 0.15) is 17.5 Å². The molecular formula is C17H30N4. The molecule has 0 bridgehead atoms. The second-order valence-electron chi connectivity index (χ2n) is 7.03. The van der Waals surface area contributed by atoms with E-state index in [0.717, 1.165) is 37.1 Å². The van der Waals surface area contributed by atoms with Crippen LogP contribution in [-0.2, 0) is 5.41 Å². The zero-order chi connectivity index (χ0) is 15.5. The molecule has 1 aliphatic rings. The van der Waals surface area contributed by atoms with Crippen LogP contribution in [0.4, 0.5) is 11.6 Å². The Hall–Kier alpha value is -1.32. The molecule has 1 N–H and O–H groups in total. The summed E-state index contributed by atoms with van der Waals surface area (Å²) in [5, 5.41) is 3.41. The predicted octanol–water partition coefficient (Wildman–Crippen LogP) is 3.89. The Kier molecular flexibility index (Phi) is 5.07. The molecule has 0 unspecified atom stereocenters. The number of nitrogens with one attached hydrogen (secondary N) is 1. The third-order valence-corrected chi connectivity index (χ3v) is 4.04. The van der Waals surface area contributed by atoms with Crippen molar-refractivity contribution in [3.63, 3.8) is 0 Å². The molecule has 0 aromatic carbocycles. The van der Waals surface area contributed by atoms with Crippen LogP contribution in [0.25, 0.3) is 0 Å². The lowest BCUT2D eigenvalue weighted by Gasteiger charge is -2.27. The van der Waals surface area contributed by atoms with Crippen LogP contribution < -0.4 is 10.2 Å². The molecule has 0 aliphatic carbocycles. The van der Waals surface area contributed by atoms with Crippen LogP contribution in [0.2, 0.25) is 0 Å². The molecule has 118 valence electrons. The third-order valence-electron chi connectivity index (χ3n) is 4.04. The van der Waals surface area contributed by atoms with Crippen molar-refractivity contribution in [2.24, 2.45) is 0 Å². The largest absolute Gasteiger partial charge is 0.370 e. The summed E-state index contributed by atoms with van der Waals surface area (Å²) in [6.45, 7) is 13.9. The lowest BCUT2D eigenvalue weighted by molar-refractivity contribution is 0.543. The van der Waals surface area contributed by atoms with Crippen molar-refractivity contribution in [2.45, 2.75) is 65.7 Å². The van der Waals surface area contributed by atoms with E-state index in [2.05, 4.69) is 44.8 Å². The van der Waals surface area contributed by atoms with Crippen LogP contribution in [0, 0.1) is 6.92 Å². The van der Waals surface area contributed by atoms with Crippen molar-refractivity contribution >= 4 is 11.6 Å². The van der Waals surface area contributed by atoms with E-state index in [4.69, 9.17) is 9.97 Å². The van der Waals surface area contributed by atoms with Crippen LogP contribution in [-0.4, -0.2) is 29.6 Å². The molecule has 1 aliphatic heterocycles. The maximum atomic E-state index is 4.93. The van der Waals surface area contributed by atoms with Crippen molar-refractivity contribution in [1.29, 1.82) is 0 Å². The first-order chi connectivity index (χ1) is 9.93. The highest BCUT2D eigenvalue weighted by atomic mass is 15.2. The summed E-state index contributed by atoms with van der Waals surface area (Å²) >= 11 is 0. The van der Waals surface area contributed by atoms with E-state index >= 15 is 0 Å². The van der Waals surface area contributed by atoms with Gasteiger partial charge in [0.25, 0.3) is 0 Å². The van der Waals surface area contributed by atoms with Gasteiger partial charge < -0.3 is 10.2 Å².